The highest BCUT2D eigenvalue weighted by Crippen LogP contribution is 2.47. The number of nitrogens with one attached hydrogen (secondary N) is 1. The van der Waals surface area contributed by atoms with E-state index in [1.54, 1.807) is 4.68 Å². The Bertz CT molecular complexity index is 1070. The van der Waals surface area contributed by atoms with E-state index < -0.39 is 5.97 Å². The average molecular weight is 389 g/mol. The molecular formula is C23H23N3O3. The molecular weight excluding hydrogens is 366 g/mol. The number of carboxylic acid groups (broad SMARTS) is 1. The predicted molar refractivity (Wildman–Crippen MR) is 110 cm³/mol. The van der Waals surface area contributed by atoms with Crippen molar-refractivity contribution in [2.45, 2.75) is 32.6 Å². The molecule has 1 heterocycles. The number of aliphatic carboxylic acids is 1. The molecule has 0 unspecified atom stereocenters. The number of rotatable bonds is 6. The van der Waals surface area contributed by atoms with E-state index in [1.807, 2.05) is 56.3 Å². The third-order valence-corrected chi connectivity index (χ3v) is 5.48. The highest BCUT2D eigenvalue weighted by molar-refractivity contribution is 5.95. The van der Waals surface area contributed by atoms with E-state index in [-0.39, 0.29) is 24.2 Å². The topological polar surface area (TPSA) is 84.2 Å². The van der Waals surface area contributed by atoms with Gasteiger partial charge in [-0.15, -0.1) is 0 Å². The van der Waals surface area contributed by atoms with Crippen LogP contribution in [0, 0.1) is 19.8 Å². The van der Waals surface area contributed by atoms with E-state index in [9.17, 15) is 9.59 Å². The van der Waals surface area contributed by atoms with E-state index >= 15 is 0 Å². The van der Waals surface area contributed by atoms with Crippen LogP contribution in [0.15, 0.2) is 54.6 Å². The summed E-state index contributed by atoms with van der Waals surface area (Å²) < 4.78 is 1.73. The van der Waals surface area contributed by atoms with Crippen LogP contribution in [0.2, 0.25) is 0 Å². The fraction of sp³-hybridized carbons (Fsp3) is 0.261. The molecule has 1 aromatic heterocycles. The van der Waals surface area contributed by atoms with Gasteiger partial charge in [0.25, 0.3) is 0 Å². The molecule has 1 aliphatic rings. The first kappa shape index (κ1) is 18.9. The highest BCUT2D eigenvalue weighted by Gasteiger charge is 2.43. The Morgan fingerprint density at radius 1 is 1.14 bits per heavy atom. The fourth-order valence-corrected chi connectivity index (χ4v) is 3.84. The molecule has 0 aliphatic heterocycles. The van der Waals surface area contributed by atoms with Gasteiger partial charge in [-0.2, -0.15) is 5.10 Å². The summed E-state index contributed by atoms with van der Waals surface area (Å²) in [6.07, 6.45) is 0.808. The SMILES string of the molecule is Cc1nn(-c2cccc(NC(=O)[C@H]3C[C@@H]3c3ccccc3)c2)c(C)c1CC(=O)O. The van der Waals surface area contributed by atoms with Gasteiger partial charge in [0.15, 0.2) is 0 Å². The van der Waals surface area contributed by atoms with Gasteiger partial charge in [-0.25, -0.2) is 4.68 Å². The molecule has 2 atom stereocenters. The van der Waals surface area contributed by atoms with Crippen LogP contribution in [0.4, 0.5) is 5.69 Å². The normalized spacial score (nSPS) is 17.7. The number of hydrogen-bond donors (Lipinski definition) is 2. The molecule has 0 radical (unpaired) electrons. The smallest absolute Gasteiger partial charge is 0.307 e. The lowest BCUT2D eigenvalue weighted by Crippen LogP contribution is -2.15. The monoisotopic (exact) mass is 389 g/mol. The van der Waals surface area contributed by atoms with Gasteiger partial charge in [-0.1, -0.05) is 36.4 Å². The second-order valence-corrected chi connectivity index (χ2v) is 7.53. The van der Waals surface area contributed by atoms with Crippen molar-refractivity contribution in [1.29, 1.82) is 0 Å². The van der Waals surface area contributed by atoms with Crippen LogP contribution in [0.3, 0.4) is 0 Å². The zero-order valence-corrected chi connectivity index (χ0v) is 16.4. The Morgan fingerprint density at radius 3 is 2.62 bits per heavy atom. The maximum absolute atomic E-state index is 12.7. The number of carbonyl (C=O) groups excluding carboxylic acids is 1. The lowest BCUT2D eigenvalue weighted by molar-refractivity contribution is -0.136. The Balaban J connectivity index is 1.50. The minimum atomic E-state index is -0.880. The minimum Gasteiger partial charge on any atom is -0.481 e. The van der Waals surface area contributed by atoms with Crippen molar-refractivity contribution in [3.63, 3.8) is 0 Å². The second-order valence-electron chi connectivity index (χ2n) is 7.53. The molecule has 2 aromatic carbocycles. The molecule has 29 heavy (non-hydrogen) atoms. The molecule has 4 rings (SSSR count). The molecule has 0 saturated heterocycles. The third kappa shape index (κ3) is 3.92. The Kier molecular flexibility index (Phi) is 4.92. The van der Waals surface area contributed by atoms with Gasteiger partial charge in [-0.3, -0.25) is 9.59 Å². The van der Waals surface area contributed by atoms with Gasteiger partial charge in [0.1, 0.15) is 0 Å². The van der Waals surface area contributed by atoms with Crippen molar-refractivity contribution in [3.8, 4) is 5.69 Å². The molecule has 1 fully saturated rings. The molecule has 0 spiro atoms. The van der Waals surface area contributed by atoms with Crippen molar-refractivity contribution < 1.29 is 14.7 Å². The van der Waals surface area contributed by atoms with Gasteiger partial charge in [0.2, 0.25) is 5.91 Å². The van der Waals surface area contributed by atoms with Crippen molar-refractivity contribution >= 4 is 17.6 Å². The zero-order valence-electron chi connectivity index (χ0n) is 16.4. The lowest BCUT2D eigenvalue weighted by atomic mass is 10.1. The largest absolute Gasteiger partial charge is 0.481 e. The third-order valence-electron chi connectivity index (χ3n) is 5.48. The molecule has 148 valence electrons. The van der Waals surface area contributed by atoms with Crippen LogP contribution >= 0.6 is 0 Å². The maximum atomic E-state index is 12.7. The fourth-order valence-electron chi connectivity index (χ4n) is 3.84. The zero-order chi connectivity index (χ0) is 20.5. The van der Waals surface area contributed by atoms with Crippen molar-refractivity contribution in [3.05, 3.63) is 77.1 Å². The Labute approximate surface area is 169 Å². The summed E-state index contributed by atoms with van der Waals surface area (Å²) in [6.45, 7) is 3.67. The van der Waals surface area contributed by atoms with E-state index in [0.29, 0.717) is 11.4 Å². The van der Waals surface area contributed by atoms with Gasteiger partial charge < -0.3 is 10.4 Å². The van der Waals surface area contributed by atoms with Crippen LogP contribution in [0.1, 0.15) is 34.9 Å². The number of amides is 1. The number of benzene rings is 2. The average Bonchev–Trinajstić information content (AvgIpc) is 3.46. The number of anilines is 1. The van der Waals surface area contributed by atoms with Gasteiger partial charge >= 0.3 is 5.97 Å². The molecule has 1 aliphatic carbocycles. The molecule has 0 bridgehead atoms. The van der Waals surface area contributed by atoms with Crippen LogP contribution in [0.5, 0.6) is 0 Å². The number of carbonyl (C=O) groups is 2. The first-order chi connectivity index (χ1) is 13.9. The number of nitrogens with zero attached hydrogens (tertiary/aromatic N) is 2. The van der Waals surface area contributed by atoms with Crippen LogP contribution in [-0.4, -0.2) is 26.8 Å². The summed E-state index contributed by atoms with van der Waals surface area (Å²) in [6, 6.07) is 17.6. The summed E-state index contributed by atoms with van der Waals surface area (Å²) in [5.41, 5.74) is 4.90. The summed E-state index contributed by atoms with van der Waals surface area (Å²) >= 11 is 0. The van der Waals surface area contributed by atoms with Crippen LogP contribution in [0.25, 0.3) is 5.69 Å². The van der Waals surface area contributed by atoms with Crippen LogP contribution < -0.4 is 5.32 Å². The minimum absolute atomic E-state index is 0.00286. The second kappa shape index (κ2) is 7.54. The summed E-state index contributed by atoms with van der Waals surface area (Å²) in [5.74, 6) is -0.573. The molecule has 1 saturated carbocycles. The highest BCUT2D eigenvalue weighted by atomic mass is 16.4. The number of hydrogen-bond acceptors (Lipinski definition) is 3. The molecule has 2 N–H and O–H groups in total. The number of aryl methyl sites for hydroxylation is 1. The standard InChI is InChI=1S/C23H23N3O3/c1-14-19(13-22(27)28)15(2)26(25-14)18-10-6-9-17(11-18)24-23(29)21-12-20(21)16-7-4-3-5-8-16/h3-11,20-21H,12-13H2,1-2H3,(H,24,29)(H,27,28)/t20-,21+/m1/s1. The molecule has 6 heteroatoms. The number of carboxylic acids is 1. The van der Waals surface area contributed by atoms with Gasteiger partial charge in [-0.05, 0) is 49.9 Å². The Morgan fingerprint density at radius 2 is 1.90 bits per heavy atom. The first-order valence-electron chi connectivity index (χ1n) is 9.67. The number of aromatic nitrogens is 2. The van der Waals surface area contributed by atoms with Crippen molar-refractivity contribution in [2.75, 3.05) is 5.32 Å². The Hall–Kier alpha value is -3.41. The van der Waals surface area contributed by atoms with Gasteiger partial charge in [0.05, 0.1) is 17.8 Å². The first-order valence-corrected chi connectivity index (χ1v) is 9.67. The summed E-state index contributed by atoms with van der Waals surface area (Å²) in [5, 5.41) is 16.6. The van der Waals surface area contributed by atoms with E-state index in [1.165, 1.54) is 5.56 Å². The van der Waals surface area contributed by atoms with Crippen LogP contribution in [-0.2, 0) is 16.0 Å². The lowest BCUT2D eigenvalue weighted by Gasteiger charge is -2.09. The van der Waals surface area contributed by atoms with E-state index in [0.717, 1.165) is 23.4 Å². The molecule has 3 aromatic rings. The predicted octanol–water partition coefficient (Wildman–Crippen LogP) is 3.86. The molecule has 1 amide bonds. The van der Waals surface area contributed by atoms with Gasteiger partial charge in [0, 0.05) is 22.9 Å². The molecule has 6 nitrogen and oxygen atoms in total. The van der Waals surface area contributed by atoms with Crippen molar-refractivity contribution in [2.24, 2.45) is 5.92 Å². The van der Waals surface area contributed by atoms with E-state index in [2.05, 4.69) is 22.5 Å². The van der Waals surface area contributed by atoms with E-state index in [4.69, 9.17) is 5.11 Å². The van der Waals surface area contributed by atoms with Crippen molar-refractivity contribution in [1.82, 2.24) is 9.78 Å². The quantitative estimate of drug-likeness (QED) is 0.670. The summed E-state index contributed by atoms with van der Waals surface area (Å²) in [7, 11) is 0. The maximum Gasteiger partial charge on any atom is 0.307 e. The summed E-state index contributed by atoms with van der Waals surface area (Å²) in [4.78, 5) is 23.8.